The zero-order valence-corrected chi connectivity index (χ0v) is 23.5. The molecule has 0 amide bonds. The molecule has 0 fully saturated rings. The van der Waals surface area contributed by atoms with Crippen molar-refractivity contribution in [3.63, 3.8) is 0 Å². The minimum atomic E-state index is 0. The van der Waals surface area contributed by atoms with Crippen molar-refractivity contribution < 1.29 is 65.4 Å². The van der Waals surface area contributed by atoms with E-state index in [0.717, 1.165) is 24.2 Å². The quantitative estimate of drug-likeness (QED) is 0.301. The summed E-state index contributed by atoms with van der Waals surface area (Å²) in [6.07, 6.45) is 13.2. The molecule has 0 spiro atoms. The molecule has 6 rings (SSSR count). The molecule has 0 N–H and O–H groups in total. The summed E-state index contributed by atoms with van der Waals surface area (Å²) in [5.41, 5.74) is 10.7. The predicted octanol–water partition coefficient (Wildman–Crippen LogP) is 7.37. The molecule has 0 bridgehead atoms. The number of para-hydroxylation sites is 2. The van der Waals surface area contributed by atoms with Gasteiger partial charge < -0.3 is 4.90 Å². The van der Waals surface area contributed by atoms with Crippen LogP contribution in [-0.2, 0) is 65.4 Å². The summed E-state index contributed by atoms with van der Waals surface area (Å²) in [5.74, 6) is 0.330. The van der Waals surface area contributed by atoms with Gasteiger partial charge in [-0.05, 0) is 36.4 Å². The number of anilines is 3. The van der Waals surface area contributed by atoms with Gasteiger partial charge in [0, 0.05) is 82.5 Å². The van der Waals surface area contributed by atoms with E-state index in [0.29, 0.717) is 5.92 Å². The summed E-state index contributed by atoms with van der Waals surface area (Å²) in [7, 11) is 0. The molecule has 0 aromatic heterocycles. The first-order valence-corrected chi connectivity index (χ1v) is 10.5. The van der Waals surface area contributed by atoms with Crippen LogP contribution >= 0.6 is 0 Å². The number of hydrogen-bond acceptors (Lipinski definition) is 1. The zero-order valence-electron chi connectivity index (χ0n) is 17.8. The van der Waals surface area contributed by atoms with E-state index in [-0.39, 0.29) is 65.4 Å². The molecule has 0 heterocycles. The van der Waals surface area contributed by atoms with E-state index in [4.69, 9.17) is 0 Å². The second kappa shape index (κ2) is 10.3. The van der Waals surface area contributed by atoms with Gasteiger partial charge >= 0.3 is 0 Å². The summed E-state index contributed by atoms with van der Waals surface area (Å²) in [4.78, 5) is 2.31. The second-order valence-corrected chi connectivity index (χ2v) is 7.95. The first-order valence-electron chi connectivity index (χ1n) is 10.5. The van der Waals surface area contributed by atoms with Crippen molar-refractivity contribution in [3.05, 3.63) is 137 Å². The Hall–Kier alpha value is -1.37. The van der Waals surface area contributed by atoms with Gasteiger partial charge in [-0.25, -0.2) is 23.3 Å². The van der Waals surface area contributed by atoms with Gasteiger partial charge in [0.25, 0.3) is 0 Å². The normalized spacial score (nSPS) is 16.0. The Morgan fingerprint density at radius 3 is 1.47 bits per heavy atom. The minimum absolute atomic E-state index is 0. The Bertz CT molecular complexity index is 1140. The molecule has 3 heteroatoms. The third kappa shape index (κ3) is 4.14. The summed E-state index contributed by atoms with van der Waals surface area (Å²) in [6.45, 7) is 0. The first-order chi connectivity index (χ1) is 14.9. The minimum Gasteiger partial charge on any atom is -0.311 e. The number of allylic oxidation sites excluding steroid dienone is 8. The molecule has 3 aliphatic rings. The van der Waals surface area contributed by atoms with Gasteiger partial charge in [-0.15, -0.1) is 12.8 Å². The van der Waals surface area contributed by atoms with Crippen LogP contribution < -0.4 is 4.90 Å². The van der Waals surface area contributed by atoms with E-state index in [1.807, 2.05) is 0 Å². The molecular weight excluding hydrogens is 540 g/mol. The van der Waals surface area contributed by atoms with Gasteiger partial charge in [-0.2, -0.15) is 11.1 Å². The van der Waals surface area contributed by atoms with Crippen LogP contribution in [0, 0.1) is 12.2 Å². The zero-order chi connectivity index (χ0) is 19.9. The molecule has 3 aromatic rings. The Kier molecular flexibility index (Phi) is 7.63. The molecule has 32 heavy (non-hydrogen) atoms. The van der Waals surface area contributed by atoms with Crippen molar-refractivity contribution in [2.75, 3.05) is 4.90 Å². The predicted molar refractivity (Wildman–Crippen MR) is 123 cm³/mol. The summed E-state index contributed by atoms with van der Waals surface area (Å²) in [6, 6.07) is 30.2. The average molecular weight is 561 g/mol. The maximum absolute atomic E-state index is 3.43. The van der Waals surface area contributed by atoms with Crippen LogP contribution in [0.1, 0.15) is 24.3 Å². The Balaban J connectivity index is 0.00000122. The number of fused-ring (bicyclic) bond motifs is 1. The van der Waals surface area contributed by atoms with Crippen LogP contribution in [0.25, 0.3) is 0 Å². The van der Waals surface area contributed by atoms with E-state index in [1.165, 1.54) is 33.5 Å². The third-order valence-corrected chi connectivity index (χ3v) is 6.27. The number of rotatable bonds is 4. The molecule has 0 saturated carbocycles. The fraction of sp³-hybridized carbons (Fsp3) is 0.103. The van der Waals surface area contributed by atoms with Gasteiger partial charge in [0.1, 0.15) is 0 Å². The molecule has 2 radical (unpaired) electrons. The van der Waals surface area contributed by atoms with Crippen molar-refractivity contribution in [1.29, 1.82) is 0 Å². The second-order valence-electron chi connectivity index (χ2n) is 7.95. The van der Waals surface area contributed by atoms with E-state index in [1.54, 1.807) is 0 Å². The summed E-state index contributed by atoms with van der Waals surface area (Å²) < 4.78 is 0. The standard InChI is InChI=1S/C29H21N.2Y/c1-3-9-22(10-4-1)30(23-11-5-2-6-12-23)24-19-17-21(18-20-24)29-27-15-7-13-25(27)26-14-8-16-28(26)29;;/h1-6,9-12,15-20,29H,13-14H2;;/q-2;;. The Morgan fingerprint density at radius 2 is 1.00 bits per heavy atom. The van der Waals surface area contributed by atoms with Crippen LogP contribution in [-0.4, -0.2) is 0 Å². The Labute approximate surface area is 240 Å². The molecule has 3 aliphatic carbocycles. The van der Waals surface area contributed by atoms with Gasteiger partial charge in [-0.3, -0.25) is 12.2 Å². The monoisotopic (exact) mass is 561 g/mol. The van der Waals surface area contributed by atoms with Crippen molar-refractivity contribution >= 4 is 17.1 Å². The summed E-state index contributed by atoms with van der Waals surface area (Å²) >= 11 is 0. The molecule has 150 valence electrons. The number of benzene rings is 3. The van der Waals surface area contributed by atoms with E-state index < -0.39 is 0 Å². The molecule has 0 atom stereocenters. The average Bonchev–Trinajstić information content (AvgIpc) is 3.51. The van der Waals surface area contributed by atoms with Gasteiger partial charge in [-0.1, -0.05) is 60.0 Å². The Morgan fingerprint density at radius 1 is 0.562 bits per heavy atom. The molecule has 0 saturated heterocycles. The van der Waals surface area contributed by atoms with Crippen LogP contribution in [0.2, 0.25) is 0 Å². The first kappa shape index (κ1) is 23.8. The van der Waals surface area contributed by atoms with E-state index >= 15 is 0 Å². The van der Waals surface area contributed by atoms with Crippen molar-refractivity contribution in [2.24, 2.45) is 0 Å². The number of nitrogens with zero attached hydrogens (tertiary/aromatic N) is 1. The molecule has 0 unspecified atom stereocenters. The maximum Gasteiger partial charge on any atom is 0.0461 e. The molecule has 0 aliphatic heterocycles. The van der Waals surface area contributed by atoms with Gasteiger partial charge in [0.05, 0.1) is 0 Å². The van der Waals surface area contributed by atoms with E-state index in [9.17, 15) is 0 Å². The number of hydrogen-bond donors (Lipinski definition) is 0. The molecule has 1 nitrogen and oxygen atoms in total. The van der Waals surface area contributed by atoms with Gasteiger partial charge in [0.15, 0.2) is 0 Å². The van der Waals surface area contributed by atoms with Crippen molar-refractivity contribution in [1.82, 2.24) is 0 Å². The maximum atomic E-state index is 3.43. The van der Waals surface area contributed by atoms with Crippen LogP contribution in [0.5, 0.6) is 0 Å². The van der Waals surface area contributed by atoms with Crippen molar-refractivity contribution in [2.45, 2.75) is 18.8 Å². The largest absolute Gasteiger partial charge is 0.311 e. The van der Waals surface area contributed by atoms with Gasteiger partial charge in [0.2, 0.25) is 0 Å². The third-order valence-electron chi connectivity index (χ3n) is 6.27. The van der Waals surface area contributed by atoms with Crippen LogP contribution in [0.15, 0.2) is 119 Å². The SMILES string of the molecule is [C-]1=CC2=C(C1)C1=C(C=[C-]C1)C2c1ccc(N(c2ccccc2)c2ccccc2)cc1.[Y].[Y]. The fourth-order valence-corrected chi connectivity index (χ4v) is 4.93. The fourth-order valence-electron chi connectivity index (χ4n) is 4.93. The van der Waals surface area contributed by atoms with Crippen LogP contribution in [0.4, 0.5) is 17.1 Å². The molecular formula is C29H21NY2-2. The smallest absolute Gasteiger partial charge is 0.0461 e. The van der Waals surface area contributed by atoms with E-state index in [2.05, 4.69) is 114 Å². The topological polar surface area (TPSA) is 3.24 Å². The van der Waals surface area contributed by atoms with Crippen LogP contribution in [0.3, 0.4) is 0 Å². The van der Waals surface area contributed by atoms with Crippen molar-refractivity contribution in [3.8, 4) is 0 Å². The summed E-state index contributed by atoms with van der Waals surface area (Å²) in [5, 5.41) is 0. The molecule has 3 aromatic carbocycles.